The SMILES string of the molecule is C[C@@H]1CC2=C(Cc3ccccc32)[C@@H](c2c(F)cc(OCCNCCCF)cc2F)N1CC1(F)COC1. The second kappa shape index (κ2) is 10.5. The highest BCUT2D eigenvalue weighted by Gasteiger charge is 2.47. The van der Waals surface area contributed by atoms with Crippen LogP contribution in [0.3, 0.4) is 0 Å². The fourth-order valence-electron chi connectivity index (χ4n) is 5.62. The molecule has 2 aromatic carbocycles. The molecule has 0 aromatic heterocycles. The minimum atomic E-state index is -1.53. The fraction of sp³-hybridized carbons (Fsp3) is 0.500. The largest absolute Gasteiger partial charge is 0.492 e. The maximum absolute atomic E-state index is 15.6. The number of benzene rings is 2. The number of ether oxygens (including phenoxy) is 2. The molecular weight excluding hydrogens is 472 g/mol. The van der Waals surface area contributed by atoms with Crippen molar-refractivity contribution in [2.45, 2.75) is 43.9 Å². The summed E-state index contributed by atoms with van der Waals surface area (Å²) in [5.41, 5.74) is 2.69. The normalized spacial score (nSPS) is 22.8. The highest BCUT2D eigenvalue weighted by Crippen LogP contribution is 2.50. The third-order valence-corrected chi connectivity index (χ3v) is 7.39. The van der Waals surface area contributed by atoms with Crippen molar-refractivity contribution in [2.75, 3.05) is 46.1 Å². The molecule has 0 bridgehead atoms. The van der Waals surface area contributed by atoms with Crippen LogP contribution < -0.4 is 10.1 Å². The van der Waals surface area contributed by atoms with Crippen LogP contribution in [0.4, 0.5) is 17.6 Å². The molecule has 0 unspecified atom stereocenters. The molecule has 1 N–H and O–H groups in total. The first-order valence-corrected chi connectivity index (χ1v) is 12.6. The summed E-state index contributed by atoms with van der Waals surface area (Å²) in [4.78, 5) is 1.91. The number of hydrogen-bond donors (Lipinski definition) is 1. The standard InChI is InChI=1S/C28H32F4N2O2/c1-18-11-22-21-6-3-2-5-19(21)12-23(22)27(34(18)15-28(32)16-35-17-28)26-24(30)13-20(14-25(26)31)36-10-9-33-8-4-7-29/h2-3,5-6,13-14,18,27,33H,4,7-12,15-17H2,1H3/t18-,27+/m1/s1. The lowest BCUT2D eigenvalue weighted by Crippen LogP contribution is -2.57. The Labute approximate surface area is 209 Å². The van der Waals surface area contributed by atoms with E-state index in [1.165, 1.54) is 12.1 Å². The van der Waals surface area contributed by atoms with Crippen molar-refractivity contribution in [3.05, 3.63) is 70.3 Å². The Bertz CT molecular complexity index is 1110. The van der Waals surface area contributed by atoms with Crippen LogP contribution in [0.1, 0.15) is 42.5 Å². The van der Waals surface area contributed by atoms with Crippen molar-refractivity contribution in [1.29, 1.82) is 0 Å². The van der Waals surface area contributed by atoms with E-state index in [9.17, 15) is 4.39 Å². The molecule has 8 heteroatoms. The Balaban J connectivity index is 1.45. The Morgan fingerprint density at radius 3 is 2.58 bits per heavy atom. The quantitative estimate of drug-likeness (QED) is 0.357. The molecule has 1 fully saturated rings. The molecule has 2 atom stereocenters. The van der Waals surface area contributed by atoms with Crippen molar-refractivity contribution in [2.24, 2.45) is 0 Å². The fourth-order valence-corrected chi connectivity index (χ4v) is 5.62. The first-order chi connectivity index (χ1) is 17.4. The number of halogens is 4. The van der Waals surface area contributed by atoms with E-state index >= 15 is 13.2 Å². The molecule has 1 aliphatic carbocycles. The Kier molecular flexibility index (Phi) is 7.37. The smallest absolute Gasteiger partial charge is 0.169 e. The average Bonchev–Trinajstić information content (AvgIpc) is 3.19. The predicted octanol–water partition coefficient (Wildman–Crippen LogP) is 5.18. The minimum Gasteiger partial charge on any atom is -0.492 e. The average molecular weight is 505 g/mol. The number of rotatable bonds is 10. The first kappa shape index (κ1) is 25.2. The van der Waals surface area contributed by atoms with E-state index in [4.69, 9.17) is 9.47 Å². The van der Waals surface area contributed by atoms with E-state index in [2.05, 4.69) is 11.4 Å². The molecule has 2 heterocycles. The molecule has 36 heavy (non-hydrogen) atoms. The van der Waals surface area contributed by atoms with Crippen LogP contribution in [-0.4, -0.2) is 62.7 Å². The van der Waals surface area contributed by atoms with Gasteiger partial charge < -0.3 is 14.8 Å². The topological polar surface area (TPSA) is 33.7 Å². The van der Waals surface area contributed by atoms with Gasteiger partial charge in [0, 0.05) is 36.8 Å². The van der Waals surface area contributed by atoms with Gasteiger partial charge in [-0.3, -0.25) is 9.29 Å². The number of hydrogen-bond acceptors (Lipinski definition) is 4. The van der Waals surface area contributed by atoms with Crippen LogP contribution in [0.25, 0.3) is 5.57 Å². The summed E-state index contributed by atoms with van der Waals surface area (Å²) in [7, 11) is 0. The molecule has 194 valence electrons. The van der Waals surface area contributed by atoms with Crippen molar-refractivity contribution >= 4 is 5.57 Å². The highest BCUT2D eigenvalue weighted by atomic mass is 19.1. The van der Waals surface area contributed by atoms with E-state index in [0.29, 0.717) is 32.4 Å². The molecule has 0 saturated carbocycles. The summed E-state index contributed by atoms with van der Waals surface area (Å²) in [6.45, 7) is 2.77. The van der Waals surface area contributed by atoms with Gasteiger partial charge in [-0.2, -0.15) is 0 Å². The van der Waals surface area contributed by atoms with Crippen LogP contribution in [0.2, 0.25) is 0 Å². The van der Waals surface area contributed by atoms with Crippen LogP contribution in [0, 0.1) is 11.6 Å². The molecule has 2 aromatic rings. The van der Waals surface area contributed by atoms with Gasteiger partial charge in [0.1, 0.15) is 24.0 Å². The van der Waals surface area contributed by atoms with Crippen LogP contribution >= 0.6 is 0 Å². The minimum absolute atomic E-state index is 0.00776. The third kappa shape index (κ3) is 4.91. The molecule has 1 saturated heterocycles. The second-order valence-electron chi connectivity index (χ2n) is 10.1. The van der Waals surface area contributed by atoms with Crippen molar-refractivity contribution in [1.82, 2.24) is 10.2 Å². The van der Waals surface area contributed by atoms with Gasteiger partial charge in [0.05, 0.1) is 25.9 Å². The van der Waals surface area contributed by atoms with Gasteiger partial charge in [-0.15, -0.1) is 0 Å². The molecule has 4 nitrogen and oxygen atoms in total. The zero-order chi connectivity index (χ0) is 25.3. The molecule has 0 radical (unpaired) electrons. The van der Waals surface area contributed by atoms with E-state index < -0.39 is 30.0 Å². The van der Waals surface area contributed by atoms with Gasteiger partial charge >= 0.3 is 0 Å². The lowest BCUT2D eigenvalue weighted by atomic mass is 9.83. The summed E-state index contributed by atoms with van der Waals surface area (Å²) in [5, 5.41) is 3.02. The van der Waals surface area contributed by atoms with Crippen LogP contribution in [0.5, 0.6) is 5.75 Å². The molecule has 0 amide bonds. The number of alkyl halides is 2. The number of fused-ring (bicyclic) bond motifs is 2. The lowest BCUT2D eigenvalue weighted by Gasteiger charge is -2.47. The molecule has 0 spiro atoms. The maximum atomic E-state index is 15.6. The van der Waals surface area contributed by atoms with Crippen LogP contribution in [0.15, 0.2) is 42.0 Å². The first-order valence-electron chi connectivity index (χ1n) is 12.6. The molecule has 3 aliphatic rings. The summed E-state index contributed by atoms with van der Waals surface area (Å²) >= 11 is 0. The predicted molar refractivity (Wildman–Crippen MR) is 131 cm³/mol. The number of nitrogens with zero attached hydrogens (tertiary/aromatic N) is 1. The Hall–Kier alpha value is -2.42. The molecule has 5 rings (SSSR count). The zero-order valence-electron chi connectivity index (χ0n) is 20.5. The molecular formula is C28H32F4N2O2. The third-order valence-electron chi connectivity index (χ3n) is 7.39. The lowest BCUT2D eigenvalue weighted by molar-refractivity contribution is -0.147. The summed E-state index contributed by atoms with van der Waals surface area (Å²) in [5.74, 6) is -1.32. The van der Waals surface area contributed by atoms with Crippen molar-refractivity contribution < 1.29 is 27.0 Å². The van der Waals surface area contributed by atoms with E-state index in [1.807, 2.05) is 30.0 Å². The molecule has 2 aliphatic heterocycles. The van der Waals surface area contributed by atoms with Crippen molar-refractivity contribution in [3.8, 4) is 5.75 Å². The van der Waals surface area contributed by atoms with Gasteiger partial charge in [0.2, 0.25) is 0 Å². The van der Waals surface area contributed by atoms with E-state index in [0.717, 1.165) is 22.3 Å². The van der Waals surface area contributed by atoms with Gasteiger partial charge in [0.25, 0.3) is 0 Å². The van der Waals surface area contributed by atoms with Crippen LogP contribution in [-0.2, 0) is 11.2 Å². The second-order valence-corrected chi connectivity index (χ2v) is 10.1. The number of nitrogens with one attached hydrogen (secondary N) is 1. The maximum Gasteiger partial charge on any atom is 0.169 e. The highest BCUT2D eigenvalue weighted by molar-refractivity contribution is 5.79. The van der Waals surface area contributed by atoms with E-state index in [-0.39, 0.29) is 43.7 Å². The van der Waals surface area contributed by atoms with Gasteiger partial charge in [-0.25, -0.2) is 13.2 Å². The van der Waals surface area contributed by atoms with Gasteiger partial charge in [-0.1, -0.05) is 24.3 Å². The van der Waals surface area contributed by atoms with Gasteiger partial charge in [0.15, 0.2) is 5.67 Å². The van der Waals surface area contributed by atoms with Gasteiger partial charge in [-0.05, 0) is 55.0 Å². The monoisotopic (exact) mass is 504 g/mol. The zero-order valence-corrected chi connectivity index (χ0v) is 20.5. The summed E-state index contributed by atoms with van der Waals surface area (Å²) in [6, 6.07) is 9.62. The van der Waals surface area contributed by atoms with Crippen molar-refractivity contribution in [3.63, 3.8) is 0 Å². The summed E-state index contributed by atoms with van der Waals surface area (Å²) < 4.78 is 69.4. The summed E-state index contributed by atoms with van der Waals surface area (Å²) in [6.07, 6.45) is 1.68. The Morgan fingerprint density at radius 2 is 1.89 bits per heavy atom. The Morgan fingerprint density at radius 1 is 1.14 bits per heavy atom. The van der Waals surface area contributed by atoms with E-state index in [1.54, 1.807) is 0 Å².